The zero-order chi connectivity index (χ0) is 35.8. The van der Waals surface area contributed by atoms with Gasteiger partial charge >= 0.3 is 6.09 Å². The molecular formula is C38H39FN4O7S. The molecule has 0 unspecified atom stereocenters. The van der Waals surface area contributed by atoms with E-state index in [-0.39, 0.29) is 31.0 Å². The zero-order valence-electron chi connectivity index (χ0n) is 28.0. The Morgan fingerprint density at radius 1 is 0.922 bits per heavy atom. The van der Waals surface area contributed by atoms with Gasteiger partial charge in [-0.3, -0.25) is 14.4 Å². The van der Waals surface area contributed by atoms with Crippen LogP contribution < -0.4 is 5.32 Å². The third kappa shape index (κ3) is 7.03. The van der Waals surface area contributed by atoms with E-state index >= 15 is 4.39 Å². The number of alkyl halides is 1. The van der Waals surface area contributed by atoms with Gasteiger partial charge in [0.15, 0.2) is 15.6 Å². The number of rotatable bonds is 10. The predicted molar refractivity (Wildman–Crippen MR) is 188 cm³/mol. The van der Waals surface area contributed by atoms with Crippen LogP contribution in [0.4, 0.5) is 14.9 Å². The van der Waals surface area contributed by atoms with Crippen molar-refractivity contribution < 1.29 is 36.7 Å². The van der Waals surface area contributed by atoms with Gasteiger partial charge < -0.3 is 15.0 Å². The average Bonchev–Trinajstić information content (AvgIpc) is 3.81. The Balaban J connectivity index is 1.09. The maximum Gasteiger partial charge on any atom is 0.435 e. The number of hydrogen-bond donors (Lipinski definition) is 1. The molecule has 1 saturated heterocycles. The van der Waals surface area contributed by atoms with E-state index in [1.165, 1.54) is 11.1 Å². The minimum absolute atomic E-state index is 0.0574. The lowest BCUT2D eigenvalue weighted by Gasteiger charge is -2.40. The Labute approximate surface area is 295 Å². The summed E-state index contributed by atoms with van der Waals surface area (Å²) in [4.78, 5) is 55.5. The molecule has 13 heteroatoms. The van der Waals surface area contributed by atoms with Gasteiger partial charge in [-0.25, -0.2) is 17.6 Å². The van der Waals surface area contributed by atoms with Crippen LogP contribution in [0, 0.1) is 0 Å². The summed E-state index contributed by atoms with van der Waals surface area (Å²) in [7, 11) is -3.48. The molecule has 2 amide bonds. The maximum absolute atomic E-state index is 15.1. The second kappa shape index (κ2) is 14.0. The SMILES string of the molecule is O=C(CS(=O)(=O)C1CC1)c1ccc(C2(C(=O)N3C[C@H](F)C[C@@H]3C(=O)Nc3cccc4c3cnn4C(=O)OCc3ccccc3)CCCCC2)cc1. The van der Waals surface area contributed by atoms with Gasteiger partial charge in [0, 0.05) is 17.4 Å². The number of aromatic nitrogens is 2. The third-order valence-corrected chi connectivity index (χ3v) is 12.5. The van der Waals surface area contributed by atoms with Crippen LogP contribution in [-0.4, -0.2) is 76.6 Å². The van der Waals surface area contributed by atoms with Crippen molar-refractivity contribution in [3.8, 4) is 0 Å². The average molecular weight is 715 g/mol. The molecule has 3 aromatic carbocycles. The fourth-order valence-electron chi connectivity index (χ4n) is 7.40. The normalized spacial score (nSPS) is 20.2. The summed E-state index contributed by atoms with van der Waals surface area (Å²) in [5.41, 5.74) is 1.46. The number of nitrogens with zero attached hydrogens (tertiary/aromatic N) is 3. The van der Waals surface area contributed by atoms with Gasteiger partial charge in [0.1, 0.15) is 24.6 Å². The summed E-state index contributed by atoms with van der Waals surface area (Å²) in [6.07, 6.45) is 3.78. The lowest BCUT2D eigenvalue weighted by atomic mass is 9.68. The molecule has 266 valence electrons. The van der Waals surface area contributed by atoms with Crippen LogP contribution in [0.1, 0.15) is 72.9 Å². The standard InChI is InChI=1S/C38H39FN4O7S/c39-28-20-33(35(45)41-31-10-7-11-32-30(31)21-40-43(32)37(47)50-23-25-8-3-1-4-9-25)42(22-28)36(46)38(18-5-2-6-19-38)27-14-12-26(13-15-27)34(44)24-51(48,49)29-16-17-29/h1,3-4,7-15,21,28-29,33H,2,5-6,16-20,22-24H2,(H,41,45)/t28-,33-/m1/s1. The van der Waals surface area contributed by atoms with Crippen LogP contribution in [0.2, 0.25) is 0 Å². The van der Waals surface area contributed by atoms with Crippen molar-refractivity contribution in [3.05, 3.63) is 95.7 Å². The van der Waals surface area contributed by atoms with Crippen LogP contribution in [0.15, 0.2) is 79.0 Å². The molecule has 11 nitrogen and oxygen atoms in total. The zero-order valence-corrected chi connectivity index (χ0v) is 28.8. The molecule has 51 heavy (non-hydrogen) atoms. The number of ketones is 1. The Morgan fingerprint density at radius 3 is 2.35 bits per heavy atom. The summed E-state index contributed by atoms with van der Waals surface area (Å²) in [5, 5.41) is 7.08. The summed E-state index contributed by atoms with van der Waals surface area (Å²) < 4.78 is 46.5. The molecule has 2 heterocycles. The van der Waals surface area contributed by atoms with Crippen molar-refractivity contribution in [1.29, 1.82) is 0 Å². The molecule has 3 aliphatic rings. The van der Waals surface area contributed by atoms with Gasteiger partial charge in [-0.15, -0.1) is 0 Å². The maximum atomic E-state index is 15.1. The van der Waals surface area contributed by atoms with E-state index in [1.807, 2.05) is 30.3 Å². The Hall–Kier alpha value is -4.91. The summed E-state index contributed by atoms with van der Waals surface area (Å²) in [5.74, 6) is -1.93. The van der Waals surface area contributed by atoms with Gasteiger partial charge in [0.25, 0.3) is 0 Å². The highest BCUT2D eigenvalue weighted by Gasteiger charge is 2.49. The number of carbonyl (C=O) groups excluding carboxylic acids is 4. The van der Waals surface area contributed by atoms with Gasteiger partial charge in [0.05, 0.1) is 34.6 Å². The number of nitrogens with one attached hydrogen (secondary N) is 1. The molecule has 2 atom stereocenters. The minimum Gasteiger partial charge on any atom is -0.443 e. The number of sulfone groups is 1. The number of benzene rings is 3. The van der Waals surface area contributed by atoms with E-state index in [4.69, 9.17) is 4.74 Å². The largest absolute Gasteiger partial charge is 0.443 e. The molecule has 1 aromatic heterocycles. The number of Topliss-reactive ketones (excluding diaryl/α,β-unsaturated/α-hetero) is 1. The fourth-order valence-corrected chi connectivity index (χ4v) is 9.02. The highest BCUT2D eigenvalue weighted by atomic mass is 32.2. The topological polar surface area (TPSA) is 145 Å². The molecule has 4 aromatic rings. The number of hydrogen-bond acceptors (Lipinski definition) is 8. The van der Waals surface area contributed by atoms with E-state index < -0.39 is 56.3 Å². The van der Waals surface area contributed by atoms with E-state index in [0.717, 1.165) is 29.5 Å². The first-order chi connectivity index (χ1) is 24.6. The van der Waals surface area contributed by atoms with Crippen LogP contribution in [0.25, 0.3) is 10.9 Å². The molecule has 0 bridgehead atoms. The molecule has 1 aliphatic heterocycles. The molecule has 0 radical (unpaired) electrons. The quantitative estimate of drug-likeness (QED) is 0.204. The summed E-state index contributed by atoms with van der Waals surface area (Å²) in [6.45, 7) is -0.175. The first-order valence-electron chi connectivity index (χ1n) is 17.3. The molecule has 7 rings (SSSR count). The van der Waals surface area contributed by atoms with Crippen molar-refractivity contribution in [2.75, 3.05) is 17.6 Å². The Kier molecular flexibility index (Phi) is 9.49. The van der Waals surface area contributed by atoms with Crippen molar-refractivity contribution in [2.24, 2.45) is 0 Å². The van der Waals surface area contributed by atoms with Crippen LogP contribution in [0.3, 0.4) is 0 Å². The van der Waals surface area contributed by atoms with Crippen molar-refractivity contribution in [3.63, 3.8) is 0 Å². The molecule has 2 aliphatic carbocycles. The van der Waals surface area contributed by atoms with Gasteiger partial charge in [0.2, 0.25) is 11.8 Å². The Morgan fingerprint density at radius 2 is 1.65 bits per heavy atom. The number of amides is 2. The van der Waals surface area contributed by atoms with Crippen LogP contribution in [0.5, 0.6) is 0 Å². The second-order valence-electron chi connectivity index (χ2n) is 13.8. The number of ether oxygens (including phenoxy) is 1. The second-order valence-corrected chi connectivity index (χ2v) is 16.1. The lowest BCUT2D eigenvalue weighted by Crippen LogP contribution is -2.52. The van der Waals surface area contributed by atoms with Crippen molar-refractivity contribution >= 4 is 50.1 Å². The number of fused-ring (bicyclic) bond motifs is 1. The fraction of sp³-hybridized carbons (Fsp3) is 0.395. The predicted octanol–water partition coefficient (Wildman–Crippen LogP) is 5.76. The smallest absolute Gasteiger partial charge is 0.435 e. The van der Waals surface area contributed by atoms with Crippen molar-refractivity contribution in [2.45, 2.75) is 80.9 Å². The number of likely N-dealkylation sites (tertiary alicyclic amines) is 1. The van der Waals surface area contributed by atoms with E-state index in [9.17, 15) is 27.6 Å². The monoisotopic (exact) mass is 714 g/mol. The van der Waals surface area contributed by atoms with Gasteiger partial charge in [-0.2, -0.15) is 9.78 Å². The summed E-state index contributed by atoms with van der Waals surface area (Å²) >= 11 is 0. The van der Waals surface area contributed by atoms with Gasteiger partial charge in [-0.1, -0.05) is 79.9 Å². The number of carbonyl (C=O) groups is 4. The van der Waals surface area contributed by atoms with E-state index in [1.54, 1.807) is 42.5 Å². The molecule has 1 N–H and O–H groups in total. The van der Waals surface area contributed by atoms with E-state index in [2.05, 4.69) is 10.4 Å². The molecular weight excluding hydrogens is 676 g/mol. The highest BCUT2D eigenvalue weighted by Crippen LogP contribution is 2.43. The minimum atomic E-state index is -3.48. The summed E-state index contributed by atoms with van der Waals surface area (Å²) in [6, 6.07) is 19.6. The molecule has 3 fully saturated rings. The third-order valence-electron chi connectivity index (χ3n) is 10.3. The van der Waals surface area contributed by atoms with Crippen LogP contribution in [-0.2, 0) is 36.2 Å². The highest BCUT2D eigenvalue weighted by molar-refractivity contribution is 7.93. The first kappa shape index (κ1) is 34.5. The van der Waals surface area contributed by atoms with E-state index in [0.29, 0.717) is 47.8 Å². The molecule has 2 saturated carbocycles. The number of anilines is 1. The lowest BCUT2D eigenvalue weighted by molar-refractivity contribution is -0.143. The first-order valence-corrected chi connectivity index (χ1v) is 19.1. The van der Waals surface area contributed by atoms with Crippen LogP contribution >= 0.6 is 0 Å². The van der Waals surface area contributed by atoms with Crippen molar-refractivity contribution in [1.82, 2.24) is 14.7 Å². The van der Waals surface area contributed by atoms with Gasteiger partial charge in [-0.05, 0) is 48.9 Å². The Bertz CT molecular complexity index is 2070. The molecule has 0 spiro atoms. The number of halogens is 1.